The van der Waals surface area contributed by atoms with Crippen LogP contribution in [0.25, 0.3) is 17.1 Å². The molecule has 102 heavy (non-hydrogen) atoms. The van der Waals surface area contributed by atoms with Gasteiger partial charge in [0.15, 0.2) is 0 Å². The summed E-state index contributed by atoms with van der Waals surface area (Å²) in [5.41, 5.74) is 7.55. The van der Waals surface area contributed by atoms with Crippen LogP contribution in [0.4, 0.5) is 0 Å². The number of carboxylic acid groups (broad SMARTS) is 10. The van der Waals surface area contributed by atoms with Crippen LogP contribution in [0.2, 0.25) is 15.1 Å². The van der Waals surface area contributed by atoms with E-state index in [1.807, 2.05) is 113 Å². The molecule has 6 rings (SSSR count). The lowest BCUT2D eigenvalue weighted by atomic mass is 10.0. The smallest absolute Gasteiger partial charge is 0.414 e. The van der Waals surface area contributed by atoms with E-state index in [1.54, 1.807) is 55.8 Å². The molecule has 0 saturated carbocycles. The fraction of sp³-hybridized carbons (Fsp3) is 0.328. The molecule has 3 aromatic heterocycles. The van der Waals surface area contributed by atoms with Crippen molar-refractivity contribution in [3.8, 4) is 17.2 Å². The minimum atomic E-state index is -1.82. The van der Waals surface area contributed by atoms with Crippen LogP contribution in [0, 0.1) is 20.8 Å². The monoisotopic (exact) mass is 1500 g/mol. The summed E-state index contributed by atoms with van der Waals surface area (Å²) >= 11 is 19.0. The first-order valence-electron chi connectivity index (χ1n) is 29.2. The first kappa shape index (κ1) is 93.3. The van der Waals surface area contributed by atoms with Gasteiger partial charge in [0.25, 0.3) is 0 Å². The number of carbonyl (C=O) groups is 10. The Bertz CT molecular complexity index is 3250. The zero-order valence-electron chi connectivity index (χ0n) is 56.4. The number of halogens is 3. The molecule has 3 heterocycles. The number of aliphatic carboxylic acids is 10. The number of nitrogens with zero attached hydrogens (tertiary/aromatic N) is 6. The molecule has 0 aliphatic heterocycles. The van der Waals surface area contributed by atoms with Crippen molar-refractivity contribution in [1.82, 2.24) is 44.6 Å². The number of imidazole rings is 3. The average Bonchev–Trinajstić information content (AvgIpc) is 1.18. The summed E-state index contributed by atoms with van der Waals surface area (Å²) in [5.74, 6) is -16.7. The van der Waals surface area contributed by atoms with Crippen LogP contribution >= 0.6 is 34.8 Å². The molecule has 3 atom stereocenters. The third-order valence-corrected chi connectivity index (χ3v) is 12.6. The Morgan fingerprint density at radius 1 is 0.382 bits per heavy atom. The fourth-order valence-electron chi connectivity index (χ4n) is 6.94. The number of hydrogen-bond donors (Lipinski definition) is 16. The largest absolute Gasteiger partial charge is 0.489 e. The molecule has 35 nitrogen and oxygen atoms in total. The van der Waals surface area contributed by atoms with Crippen molar-refractivity contribution in [3.05, 3.63) is 161 Å². The Balaban J connectivity index is 0. The van der Waals surface area contributed by atoms with Crippen molar-refractivity contribution < 1.29 is 129 Å². The molecule has 0 fully saturated rings. The quantitative estimate of drug-likeness (QED) is 0.0351. The van der Waals surface area contributed by atoms with Crippen LogP contribution in [0.5, 0.6) is 17.2 Å². The van der Waals surface area contributed by atoms with Crippen LogP contribution in [-0.2, 0) is 47.9 Å². The summed E-state index contributed by atoms with van der Waals surface area (Å²) in [6.07, 6.45) is 13.6. The van der Waals surface area contributed by atoms with Crippen LogP contribution < -0.4 is 30.2 Å². The second-order valence-electron chi connectivity index (χ2n) is 21.1. The Kier molecular flexibility index (Phi) is 44.7. The van der Waals surface area contributed by atoms with E-state index in [0.29, 0.717) is 70.1 Å². The highest BCUT2D eigenvalue weighted by molar-refractivity contribution is 6.33. The van der Waals surface area contributed by atoms with Gasteiger partial charge in [-0.1, -0.05) is 114 Å². The molecule has 0 saturated heterocycles. The number of aromatic nitrogens is 6. The molecule has 560 valence electrons. The van der Waals surface area contributed by atoms with Gasteiger partial charge in [-0.2, -0.15) is 0 Å². The molecule has 3 unspecified atom stereocenters. The summed E-state index contributed by atoms with van der Waals surface area (Å²) in [7, 11) is 0. The third-order valence-electron chi connectivity index (χ3n) is 11.7. The maximum atomic E-state index is 10.1. The van der Waals surface area contributed by atoms with Gasteiger partial charge < -0.3 is 110 Å². The van der Waals surface area contributed by atoms with Crippen molar-refractivity contribution in [3.63, 3.8) is 0 Å². The summed E-state index contributed by atoms with van der Waals surface area (Å²) in [6.45, 7) is 32.3. The van der Waals surface area contributed by atoms with E-state index in [9.17, 15) is 15.3 Å². The van der Waals surface area contributed by atoms with Crippen LogP contribution in [-0.4, -0.2) is 231 Å². The van der Waals surface area contributed by atoms with Gasteiger partial charge >= 0.3 is 59.7 Å². The zero-order valence-corrected chi connectivity index (χ0v) is 58.7. The van der Waals surface area contributed by atoms with E-state index in [2.05, 4.69) is 50.6 Å². The lowest BCUT2D eigenvalue weighted by Crippen LogP contribution is -2.35. The minimum absolute atomic E-state index is 0.146. The van der Waals surface area contributed by atoms with Crippen LogP contribution in [0.3, 0.4) is 0 Å². The summed E-state index contributed by atoms with van der Waals surface area (Å²) in [4.78, 5) is 103. The molecule has 0 aliphatic carbocycles. The molecule has 16 N–H and O–H groups in total. The lowest BCUT2D eigenvalue weighted by Gasteiger charge is -2.20. The number of aliphatic hydroxyl groups excluding tert-OH is 3. The summed E-state index contributed by atoms with van der Waals surface area (Å²) in [6, 6.07) is 12.0. The van der Waals surface area contributed by atoms with E-state index >= 15 is 0 Å². The number of rotatable bonds is 24. The molecule has 0 bridgehead atoms. The molecule has 6 aromatic rings. The number of aryl methyl sites for hydroxylation is 3. The van der Waals surface area contributed by atoms with Crippen molar-refractivity contribution in [2.24, 2.45) is 0 Å². The topological polar surface area (TPSA) is 551 Å². The number of hydrogen-bond acceptors (Lipinski definition) is 22. The van der Waals surface area contributed by atoms with Crippen molar-refractivity contribution in [2.75, 3.05) is 39.5 Å². The molecule has 38 heteroatoms. The average molecular weight is 1500 g/mol. The predicted octanol–water partition coefficient (Wildman–Crippen LogP) is 5.08. The zero-order chi connectivity index (χ0) is 78.8. The van der Waals surface area contributed by atoms with Gasteiger partial charge in [-0.25, -0.2) is 62.9 Å². The SMILES string of the molecule is C=C(c1c(C)ccc(Cl)c1OCC(O)CNC(C)C)n1ccnc1.C=C(c1c(C)ccc(Cl)c1OCC(O)CNC(C)C)n1ccnc1.C=C(c1c(C)ccc(Cl)c1OCC(O)CNC(C)C)n1ccnc1.O=C(O)C(=O)O.O=C(O)C(=O)O.O=C(O)C(=O)O.O=C(O)C(=O)O.O=C(O)C(=O)O. The fourth-order valence-corrected chi connectivity index (χ4v) is 7.58. The first-order valence-corrected chi connectivity index (χ1v) is 30.4. The standard InChI is InChI=1S/3C18H24ClN3O2.5C2H2O4/c3*1-12(2)21-9-15(23)10-24-18-16(19)6-5-13(3)17(18)14(4)22-8-7-20-11-22;5*3-1(4)2(5)6/h3*5-8,11-12,15,21,23H,4,9-10H2,1-3H3;5*(H,3,4)(H,5,6). The Hall–Kier alpha value is -10.8. The highest BCUT2D eigenvalue weighted by Gasteiger charge is 2.21. The maximum absolute atomic E-state index is 10.1. The van der Waals surface area contributed by atoms with Crippen molar-refractivity contribution in [1.29, 1.82) is 0 Å². The van der Waals surface area contributed by atoms with Gasteiger partial charge in [0.05, 0.1) is 51.1 Å². The Morgan fingerprint density at radius 3 is 0.716 bits per heavy atom. The molecular formula is C64H82Cl3N9O26. The third kappa shape index (κ3) is 38.0. The first-order chi connectivity index (χ1) is 47.4. The second kappa shape index (κ2) is 48.9. The Morgan fingerprint density at radius 2 is 0.569 bits per heavy atom. The molecule has 3 aromatic carbocycles. The van der Waals surface area contributed by atoms with Crippen LogP contribution in [0.1, 0.15) is 74.9 Å². The van der Waals surface area contributed by atoms with Gasteiger partial charge in [0.2, 0.25) is 0 Å². The van der Waals surface area contributed by atoms with Gasteiger partial charge in [0.1, 0.15) is 55.4 Å². The van der Waals surface area contributed by atoms with E-state index in [0.717, 1.165) is 50.5 Å². The van der Waals surface area contributed by atoms with Crippen LogP contribution in [0.15, 0.2) is 112 Å². The highest BCUT2D eigenvalue weighted by atomic mass is 35.5. The number of aliphatic hydroxyl groups is 3. The molecule has 0 amide bonds. The summed E-state index contributed by atoms with van der Waals surface area (Å²) < 4.78 is 23.0. The molecule has 0 aliphatic rings. The number of nitrogens with one attached hydrogen (secondary N) is 3. The van der Waals surface area contributed by atoms with E-state index < -0.39 is 78.0 Å². The van der Waals surface area contributed by atoms with Gasteiger partial charge in [-0.15, -0.1) is 0 Å². The van der Waals surface area contributed by atoms with E-state index in [4.69, 9.17) is 148 Å². The van der Waals surface area contributed by atoms with Crippen molar-refractivity contribution in [2.45, 2.75) is 98.8 Å². The van der Waals surface area contributed by atoms with Gasteiger partial charge in [0, 0.05) is 91.6 Å². The van der Waals surface area contributed by atoms with E-state index in [1.165, 1.54) is 0 Å². The number of benzene rings is 3. The van der Waals surface area contributed by atoms with E-state index in [-0.39, 0.29) is 19.8 Å². The normalized spacial score (nSPS) is 10.9. The predicted molar refractivity (Wildman–Crippen MR) is 369 cm³/mol. The molecule has 0 spiro atoms. The second-order valence-corrected chi connectivity index (χ2v) is 22.3. The molecular weight excluding hydrogens is 1420 g/mol. The summed E-state index contributed by atoms with van der Waals surface area (Å²) in [5, 5.41) is 115. The number of carboxylic acids is 10. The van der Waals surface area contributed by atoms with Gasteiger partial charge in [-0.05, 0) is 55.7 Å². The lowest BCUT2D eigenvalue weighted by molar-refractivity contribution is -0.159. The Labute approximate surface area is 598 Å². The highest BCUT2D eigenvalue weighted by Crippen LogP contribution is 2.39. The maximum Gasteiger partial charge on any atom is 0.414 e. The van der Waals surface area contributed by atoms with Gasteiger partial charge in [-0.3, -0.25) is 0 Å². The molecule has 0 radical (unpaired) electrons. The van der Waals surface area contributed by atoms with Crippen molar-refractivity contribution >= 4 is 112 Å². The minimum Gasteiger partial charge on any atom is -0.489 e. The number of ether oxygens (including phenoxy) is 3.